The summed E-state index contributed by atoms with van der Waals surface area (Å²) >= 11 is 0. The summed E-state index contributed by atoms with van der Waals surface area (Å²) in [6, 6.07) is 11.4. The summed E-state index contributed by atoms with van der Waals surface area (Å²) in [4.78, 5) is 21.1. The van der Waals surface area contributed by atoms with Crippen molar-refractivity contribution in [2.75, 3.05) is 0 Å². The van der Waals surface area contributed by atoms with Crippen LogP contribution in [0.1, 0.15) is 11.4 Å². The zero-order valence-corrected chi connectivity index (χ0v) is 9.50. The van der Waals surface area contributed by atoms with Gasteiger partial charge in [-0.05, 0) is 23.8 Å². The van der Waals surface area contributed by atoms with E-state index in [-0.39, 0.29) is 5.56 Å². The van der Waals surface area contributed by atoms with Gasteiger partial charge in [-0.3, -0.25) is 9.36 Å². The zero-order valence-electron chi connectivity index (χ0n) is 9.50. The molecule has 0 saturated carbocycles. The van der Waals surface area contributed by atoms with E-state index in [1.165, 1.54) is 0 Å². The van der Waals surface area contributed by atoms with Crippen LogP contribution in [-0.2, 0) is 6.42 Å². The molecule has 0 aliphatic carbocycles. The van der Waals surface area contributed by atoms with Crippen molar-refractivity contribution >= 4 is 11.0 Å². The average molecular weight is 235 g/mol. The lowest BCUT2D eigenvalue weighted by Crippen LogP contribution is -2.20. The van der Waals surface area contributed by atoms with Gasteiger partial charge in [-0.1, -0.05) is 18.2 Å². The molecule has 86 valence electrons. The lowest BCUT2D eigenvalue weighted by atomic mass is 10.2. The fraction of sp³-hybridized carbons (Fsp3) is 0.0714. The Labute approximate surface area is 103 Å². The van der Waals surface area contributed by atoms with E-state index in [2.05, 4.69) is 9.97 Å². The Morgan fingerprint density at radius 2 is 2.00 bits per heavy atom. The highest BCUT2D eigenvalue weighted by molar-refractivity contribution is 5.74. The second-order valence-electron chi connectivity index (χ2n) is 4.35. The second-order valence-corrected chi connectivity index (χ2v) is 4.35. The highest BCUT2D eigenvalue weighted by atomic mass is 16.1. The number of para-hydroxylation sites is 1. The molecule has 0 spiro atoms. The smallest absolute Gasteiger partial charge is 0.267 e. The van der Waals surface area contributed by atoms with Crippen LogP contribution >= 0.6 is 0 Å². The van der Waals surface area contributed by atoms with Gasteiger partial charge in [0.05, 0.1) is 11.1 Å². The molecular weight excluding hydrogens is 226 g/mol. The van der Waals surface area contributed by atoms with Crippen molar-refractivity contribution < 1.29 is 0 Å². The van der Waals surface area contributed by atoms with Crippen LogP contribution in [0.4, 0.5) is 0 Å². The molecule has 4 nitrogen and oxygen atoms in total. The second kappa shape index (κ2) is 3.26. The minimum Gasteiger partial charge on any atom is -0.268 e. The van der Waals surface area contributed by atoms with E-state index >= 15 is 0 Å². The van der Waals surface area contributed by atoms with Crippen molar-refractivity contribution in [3.8, 4) is 5.69 Å². The monoisotopic (exact) mass is 235 g/mol. The van der Waals surface area contributed by atoms with Crippen molar-refractivity contribution in [1.29, 1.82) is 0 Å². The standard InChI is InChI=1S/C14H9N3O/c18-14-10-5-3-7-15-13(10)16-12-8-9-4-1-2-6-11(9)17(12)14/h1-7H,8H2. The highest BCUT2D eigenvalue weighted by Gasteiger charge is 2.21. The summed E-state index contributed by atoms with van der Waals surface area (Å²) < 4.78 is 1.69. The van der Waals surface area contributed by atoms with Gasteiger partial charge < -0.3 is 0 Å². The maximum absolute atomic E-state index is 12.5. The fourth-order valence-corrected chi connectivity index (χ4v) is 2.48. The lowest BCUT2D eigenvalue weighted by Gasteiger charge is -2.05. The molecule has 0 N–H and O–H groups in total. The van der Waals surface area contributed by atoms with Gasteiger partial charge in [0, 0.05) is 12.6 Å². The van der Waals surface area contributed by atoms with Gasteiger partial charge in [-0.15, -0.1) is 0 Å². The van der Waals surface area contributed by atoms with Gasteiger partial charge in [0.25, 0.3) is 5.56 Å². The zero-order chi connectivity index (χ0) is 12.1. The molecule has 0 amide bonds. The maximum atomic E-state index is 12.5. The number of rotatable bonds is 0. The minimum absolute atomic E-state index is 0.0342. The molecule has 1 aliphatic heterocycles. The molecule has 0 unspecified atom stereocenters. The Morgan fingerprint density at radius 1 is 1.11 bits per heavy atom. The molecule has 4 heteroatoms. The third-order valence-electron chi connectivity index (χ3n) is 3.29. The van der Waals surface area contributed by atoms with E-state index in [4.69, 9.17) is 0 Å². The maximum Gasteiger partial charge on any atom is 0.267 e. The Balaban J connectivity index is 2.18. The number of nitrogens with zero attached hydrogens (tertiary/aromatic N) is 3. The third kappa shape index (κ3) is 1.12. The summed E-state index contributed by atoms with van der Waals surface area (Å²) in [5, 5.41) is 0.568. The SMILES string of the molecule is O=c1c2cccnc2nc2n1-c1ccccc1C2. The first kappa shape index (κ1) is 9.53. The molecule has 1 aliphatic rings. The molecule has 0 fully saturated rings. The van der Waals surface area contributed by atoms with Crippen molar-refractivity contribution in [3.63, 3.8) is 0 Å². The molecule has 0 radical (unpaired) electrons. The normalized spacial score (nSPS) is 12.4. The topological polar surface area (TPSA) is 47.8 Å². The van der Waals surface area contributed by atoms with Crippen LogP contribution in [-0.4, -0.2) is 14.5 Å². The number of hydrogen-bond donors (Lipinski definition) is 0. The van der Waals surface area contributed by atoms with E-state index in [1.807, 2.05) is 24.3 Å². The van der Waals surface area contributed by atoms with Crippen LogP contribution in [0.5, 0.6) is 0 Å². The fourth-order valence-electron chi connectivity index (χ4n) is 2.48. The van der Waals surface area contributed by atoms with Crippen molar-refractivity contribution in [2.45, 2.75) is 6.42 Å². The Bertz CT molecular complexity index is 836. The van der Waals surface area contributed by atoms with E-state index < -0.39 is 0 Å². The number of hydrogen-bond acceptors (Lipinski definition) is 3. The third-order valence-corrected chi connectivity index (χ3v) is 3.29. The van der Waals surface area contributed by atoms with Gasteiger partial charge in [0.2, 0.25) is 0 Å². The minimum atomic E-state index is -0.0342. The summed E-state index contributed by atoms with van der Waals surface area (Å²) in [5.41, 5.74) is 2.57. The summed E-state index contributed by atoms with van der Waals surface area (Å²) in [7, 11) is 0. The predicted octanol–water partition coefficient (Wildman–Crippen LogP) is 1.68. The van der Waals surface area contributed by atoms with Gasteiger partial charge in [0.1, 0.15) is 5.82 Å². The van der Waals surface area contributed by atoms with Crippen LogP contribution in [0.25, 0.3) is 16.7 Å². The number of pyridine rings is 1. The Morgan fingerprint density at radius 3 is 2.94 bits per heavy atom. The summed E-state index contributed by atoms with van der Waals surface area (Å²) in [6.07, 6.45) is 2.35. The quantitative estimate of drug-likeness (QED) is 0.466. The van der Waals surface area contributed by atoms with Crippen molar-refractivity contribution in [3.05, 3.63) is 64.3 Å². The molecule has 0 saturated heterocycles. The highest BCUT2D eigenvalue weighted by Crippen LogP contribution is 2.24. The van der Waals surface area contributed by atoms with Gasteiger partial charge in [-0.2, -0.15) is 0 Å². The predicted molar refractivity (Wildman–Crippen MR) is 67.9 cm³/mol. The van der Waals surface area contributed by atoms with Crippen LogP contribution in [0.15, 0.2) is 47.4 Å². The Kier molecular flexibility index (Phi) is 1.73. The first-order valence-electron chi connectivity index (χ1n) is 5.79. The first-order chi connectivity index (χ1) is 8.84. The van der Waals surface area contributed by atoms with Crippen LogP contribution in [0, 0.1) is 0 Å². The van der Waals surface area contributed by atoms with Crippen molar-refractivity contribution in [1.82, 2.24) is 14.5 Å². The molecular formula is C14H9N3O. The number of benzene rings is 1. The van der Waals surface area contributed by atoms with E-state index in [0.29, 0.717) is 17.5 Å². The van der Waals surface area contributed by atoms with Crippen molar-refractivity contribution in [2.24, 2.45) is 0 Å². The molecule has 18 heavy (non-hydrogen) atoms. The molecule has 1 aromatic carbocycles. The molecule has 0 atom stereocenters. The van der Waals surface area contributed by atoms with Crippen LogP contribution in [0.2, 0.25) is 0 Å². The van der Waals surface area contributed by atoms with Gasteiger partial charge >= 0.3 is 0 Å². The molecule has 3 aromatic rings. The molecule has 3 heterocycles. The first-order valence-corrected chi connectivity index (χ1v) is 5.79. The average Bonchev–Trinajstić information content (AvgIpc) is 2.77. The van der Waals surface area contributed by atoms with E-state index in [1.54, 1.807) is 22.9 Å². The molecule has 4 rings (SSSR count). The molecule has 2 aromatic heterocycles. The van der Waals surface area contributed by atoms with Crippen LogP contribution in [0.3, 0.4) is 0 Å². The van der Waals surface area contributed by atoms with Gasteiger partial charge in [0.15, 0.2) is 5.65 Å². The lowest BCUT2D eigenvalue weighted by molar-refractivity contribution is 0.908. The van der Waals surface area contributed by atoms with E-state index in [0.717, 1.165) is 17.1 Å². The molecule has 0 bridgehead atoms. The van der Waals surface area contributed by atoms with Gasteiger partial charge in [-0.25, -0.2) is 9.97 Å². The summed E-state index contributed by atoms with van der Waals surface area (Å²) in [6.45, 7) is 0. The van der Waals surface area contributed by atoms with E-state index in [9.17, 15) is 4.79 Å². The summed E-state index contributed by atoms with van der Waals surface area (Å²) in [5.74, 6) is 0.771. The Hall–Kier alpha value is -2.49. The number of aromatic nitrogens is 3. The largest absolute Gasteiger partial charge is 0.268 e. The van der Waals surface area contributed by atoms with Crippen LogP contribution < -0.4 is 5.56 Å². The number of fused-ring (bicyclic) bond motifs is 4.